The van der Waals surface area contributed by atoms with E-state index in [0.29, 0.717) is 5.92 Å². The van der Waals surface area contributed by atoms with E-state index < -0.39 is 0 Å². The lowest BCUT2D eigenvalue weighted by Crippen LogP contribution is -2.08. The smallest absolute Gasteiger partial charge is 0.123 e. The Morgan fingerprint density at radius 1 is 1.53 bits per heavy atom. The molecule has 0 amide bonds. The highest BCUT2D eigenvalue weighted by atomic mass is 16.5. The first-order valence-electron chi connectivity index (χ1n) is 5.41. The zero-order valence-electron chi connectivity index (χ0n) is 8.98. The Kier molecular flexibility index (Phi) is 3.05. The van der Waals surface area contributed by atoms with Crippen molar-refractivity contribution in [3.8, 4) is 5.75 Å². The van der Waals surface area contributed by atoms with Gasteiger partial charge in [0.2, 0.25) is 0 Å². The van der Waals surface area contributed by atoms with Crippen LogP contribution in [0, 0.1) is 11.8 Å². The topological polar surface area (TPSA) is 26.3 Å². The number of rotatable bonds is 5. The molecule has 0 spiro atoms. The summed E-state index contributed by atoms with van der Waals surface area (Å²) < 4.78 is 5.16. The Balaban J connectivity index is 2.04. The summed E-state index contributed by atoms with van der Waals surface area (Å²) in [6.07, 6.45) is 4.39. The fourth-order valence-electron chi connectivity index (χ4n) is 1.92. The quantitative estimate of drug-likeness (QED) is 0.689. The van der Waals surface area contributed by atoms with Gasteiger partial charge in [-0.25, -0.2) is 0 Å². The molecule has 0 aliphatic heterocycles. The van der Waals surface area contributed by atoms with Crippen molar-refractivity contribution in [2.45, 2.75) is 19.3 Å². The average molecular weight is 204 g/mol. The molecule has 0 bridgehead atoms. The van der Waals surface area contributed by atoms with E-state index >= 15 is 0 Å². The molecular formula is C13H16O2. The van der Waals surface area contributed by atoms with E-state index in [2.05, 4.69) is 6.07 Å². The van der Waals surface area contributed by atoms with Crippen molar-refractivity contribution in [2.75, 3.05) is 7.11 Å². The normalized spacial score (nSPS) is 17.1. The Morgan fingerprint density at radius 3 is 2.93 bits per heavy atom. The minimum Gasteiger partial charge on any atom is -0.497 e. The van der Waals surface area contributed by atoms with E-state index in [1.165, 1.54) is 18.4 Å². The van der Waals surface area contributed by atoms with Crippen molar-refractivity contribution in [2.24, 2.45) is 11.8 Å². The number of hydrogen-bond acceptors (Lipinski definition) is 2. The van der Waals surface area contributed by atoms with Crippen LogP contribution in [0.5, 0.6) is 5.75 Å². The highest BCUT2D eigenvalue weighted by molar-refractivity contribution is 5.55. The fraction of sp³-hybridized carbons (Fsp3) is 0.462. The number of benzene rings is 1. The number of carbonyl (C=O) groups excluding carboxylic acids is 1. The van der Waals surface area contributed by atoms with Crippen molar-refractivity contribution in [1.82, 2.24) is 0 Å². The average Bonchev–Trinajstić information content (AvgIpc) is 3.10. The van der Waals surface area contributed by atoms with Gasteiger partial charge in [0.05, 0.1) is 7.11 Å². The molecule has 1 aromatic rings. The van der Waals surface area contributed by atoms with Gasteiger partial charge in [0.25, 0.3) is 0 Å². The molecule has 2 nitrogen and oxygen atoms in total. The molecule has 1 saturated carbocycles. The van der Waals surface area contributed by atoms with Gasteiger partial charge in [-0.1, -0.05) is 12.1 Å². The monoisotopic (exact) mass is 204 g/mol. The lowest BCUT2D eigenvalue weighted by Gasteiger charge is -2.09. The Morgan fingerprint density at radius 2 is 2.33 bits per heavy atom. The number of hydrogen-bond donors (Lipinski definition) is 0. The van der Waals surface area contributed by atoms with E-state index in [9.17, 15) is 4.79 Å². The van der Waals surface area contributed by atoms with Crippen LogP contribution in [0.15, 0.2) is 24.3 Å². The summed E-state index contributed by atoms with van der Waals surface area (Å²) >= 11 is 0. The van der Waals surface area contributed by atoms with Crippen LogP contribution in [0.4, 0.5) is 0 Å². The predicted octanol–water partition coefficient (Wildman–Crippen LogP) is 2.46. The number of carbonyl (C=O) groups is 1. The highest BCUT2D eigenvalue weighted by Crippen LogP contribution is 2.37. The van der Waals surface area contributed by atoms with Gasteiger partial charge in [0.1, 0.15) is 12.0 Å². The van der Waals surface area contributed by atoms with Crippen molar-refractivity contribution in [3.63, 3.8) is 0 Å². The van der Waals surface area contributed by atoms with E-state index in [1.54, 1.807) is 7.11 Å². The summed E-state index contributed by atoms with van der Waals surface area (Å²) in [7, 11) is 1.66. The molecule has 0 radical (unpaired) electrons. The fourth-order valence-corrected chi connectivity index (χ4v) is 1.92. The van der Waals surface area contributed by atoms with E-state index in [0.717, 1.165) is 18.5 Å². The van der Waals surface area contributed by atoms with Crippen molar-refractivity contribution in [1.29, 1.82) is 0 Å². The second kappa shape index (κ2) is 4.47. The first kappa shape index (κ1) is 10.2. The molecule has 0 heterocycles. The van der Waals surface area contributed by atoms with Crippen LogP contribution in [0.25, 0.3) is 0 Å². The van der Waals surface area contributed by atoms with Crippen LogP contribution in [0.3, 0.4) is 0 Å². The molecule has 1 unspecified atom stereocenters. The Hall–Kier alpha value is -1.31. The van der Waals surface area contributed by atoms with Gasteiger partial charge in [-0.2, -0.15) is 0 Å². The maximum atomic E-state index is 10.9. The lowest BCUT2D eigenvalue weighted by atomic mass is 9.96. The zero-order valence-corrected chi connectivity index (χ0v) is 8.98. The molecule has 0 saturated heterocycles. The van der Waals surface area contributed by atoms with Gasteiger partial charge >= 0.3 is 0 Å². The van der Waals surface area contributed by atoms with Crippen LogP contribution in [0.1, 0.15) is 18.4 Å². The molecule has 2 rings (SSSR count). The number of ether oxygens (including phenoxy) is 1. The van der Waals surface area contributed by atoms with Crippen LogP contribution in [0.2, 0.25) is 0 Å². The maximum Gasteiger partial charge on any atom is 0.123 e. The zero-order chi connectivity index (χ0) is 10.7. The van der Waals surface area contributed by atoms with Crippen LogP contribution >= 0.6 is 0 Å². The third kappa shape index (κ3) is 2.58. The summed E-state index contributed by atoms with van der Waals surface area (Å²) in [5.74, 6) is 1.71. The molecule has 1 aliphatic carbocycles. The van der Waals surface area contributed by atoms with Crippen LogP contribution in [-0.4, -0.2) is 13.4 Å². The summed E-state index contributed by atoms with van der Waals surface area (Å²) in [4.78, 5) is 10.9. The molecule has 80 valence electrons. The largest absolute Gasteiger partial charge is 0.497 e. The summed E-state index contributed by atoms with van der Waals surface area (Å²) in [5, 5.41) is 0. The Labute approximate surface area is 90.3 Å². The van der Waals surface area contributed by atoms with Crippen molar-refractivity contribution >= 4 is 6.29 Å². The number of aldehydes is 1. The summed E-state index contributed by atoms with van der Waals surface area (Å²) in [6, 6.07) is 7.97. The van der Waals surface area contributed by atoms with Gasteiger partial charge in [-0.3, -0.25) is 0 Å². The standard InChI is InChI=1S/C13H16O2/c1-15-13-4-2-3-10(8-13)7-12(9-14)11-5-6-11/h2-4,8-9,11-12H,5-7H2,1H3. The van der Waals surface area contributed by atoms with Gasteiger partial charge in [0, 0.05) is 5.92 Å². The molecule has 2 heteroatoms. The molecule has 1 aliphatic rings. The molecule has 1 aromatic carbocycles. The molecule has 15 heavy (non-hydrogen) atoms. The molecule has 1 atom stereocenters. The first-order valence-corrected chi connectivity index (χ1v) is 5.41. The Bertz CT molecular complexity index is 342. The SMILES string of the molecule is COc1cccc(CC(C=O)C2CC2)c1. The van der Waals surface area contributed by atoms with Crippen LogP contribution < -0.4 is 4.74 Å². The third-order valence-corrected chi connectivity index (χ3v) is 3.01. The second-order valence-corrected chi connectivity index (χ2v) is 4.19. The predicted molar refractivity (Wildman–Crippen MR) is 59.0 cm³/mol. The first-order chi connectivity index (χ1) is 7.33. The minimum atomic E-state index is 0.206. The van der Waals surface area contributed by atoms with Gasteiger partial charge < -0.3 is 9.53 Å². The minimum absolute atomic E-state index is 0.206. The second-order valence-electron chi connectivity index (χ2n) is 4.19. The molecule has 1 fully saturated rings. The van der Waals surface area contributed by atoms with E-state index in [1.807, 2.05) is 18.2 Å². The highest BCUT2D eigenvalue weighted by Gasteiger charge is 2.30. The van der Waals surface area contributed by atoms with E-state index in [4.69, 9.17) is 4.74 Å². The van der Waals surface area contributed by atoms with Gasteiger partial charge in [-0.05, 0) is 42.9 Å². The molecular weight excluding hydrogens is 188 g/mol. The molecule has 0 N–H and O–H groups in total. The number of methoxy groups -OCH3 is 1. The lowest BCUT2D eigenvalue weighted by molar-refractivity contribution is -0.111. The summed E-state index contributed by atoms with van der Waals surface area (Å²) in [6.45, 7) is 0. The summed E-state index contributed by atoms with van der Waals surface area (Å²) in [5.41, 5.74) is 1.19. The third-order valence-electron chi connectivity index (χ3n) is 3.01. The molecule has 0 aromatic heterocycles. The maximum absolute atomic E-state index is 10.9. The van der Waals surface area contributed by atoms with Gasteiger partial charge in [0.15, 0.2) is 0 Å². The van der Waals surface area contributed by atoms with Gasteiger partial charge in [-0.15, -0.1) is 0 Å². The van der Waals surface area contributed by atoms with Crippen molar-refractivity contribution in [3.05, 3.63) is 29.8 Å². The van der Waals surface area contributed by atoms with E-state index in [-0.39, 0.29) is 5.92 Å². The van der Waals surface area contributed by atoms with Crippen LogP contribution in [-0.2, 0) is 11.2 Å². The van der Waals surface area contributed by atoms with Crippen molar-refractivity contribution < 1.29 is 9.53 Å².